The molecule has 178 valence electrons. The fourth-order valence-corrected chi connectivity index (χ4v) is 5.85. The average Bonchev–Trinajstić information content (AvgIpc) is 3.38. The second-order valence-corrected chi connectivity index (χ2v) is 10.2. The predicted molar refractivity (Wildman–Crippen MR) is 137 cm³/mol. The van der Waals surface area contributed by atoms with Crippen LogP contribution < -0.4 is 5.32 Å². The number of hydrogen-bond donors (Lipinski definition) is 1. The van der Waals surface area contributed by atoms with E-state index in [4.69, 9.17) is 10.1 Å². The van der Waals surface area contributed by atoms with Crippen molar-refractivity contribution >= 4 is 17.2 Å². The Hall–Kier alpha value is -2.77. The summed E-state index contributed by atoms with van der Waals surface area (Å²) >= 11 is 1.70. The van der Waals surface area contributed by atoms with Crippen molar-refractivity contribution in [3.05, 3.63) is 70.3 Å². The summed E-state index contributed by atoms with van der Waals surface area (Å²) < 4.78 is 2.00. The Labute approximate surface area is 205 Å². The van der Waals surface area contributed by atoms with Crippen molar-refractivity contribution in [1.82, 2.24) is 25.0 Å². The van der Waals surface area contributed by atoms with E-state index in [9.17, 15) is 4.79 Å². The Morgan fingerprint density at radius 1 is 1.18 bits per heavy atom. The van der Waals surface area contributed by atoms with Crippen LogP contribution in [0.2, 0.25) is 0 Å². The van der Waals surface area contributed by atoms with Gasteiger partial charge < -0.3 is 10.2 Å². The fraction of sp³-hybridized carbons (Fsp3) is 0.444. The van der Waals surface area contributed by atoms with E-state index < -0.39 is 0 Å². The highest BCUT2D eigenvalue weighted by molar-refractivity contribution is 7.09. The van der Waals surface area contributed by atoms with Gasteiger partial charge in [-0.15, -0.1) is 17.9 Å². The van der Waals surface area contributed by atoms with Crippen LogP contribution in [0.4, 0.5) is 0 Å². The Bertz CT molecular complexity index is 1130. The molecule has 1 aromatic carbocycles. The molecular formula is C27H33N5OS. The summed E-state index contributed by atoms with van der Waals surface area (Å²) in [6.45, 7) is 6.97. The van der Waals surface area contributed by atoms with Gasteiger partial charge in [0.05, 0.1) is 12.2 Å². The molecule has 1 aliphatic heterocycles. The summed E-state index contributed by atoms with van der Waals surface area (Å²) in [6, 6.07) is 10.6. The second kappa shape index (κ2) is 10.7. The van der Waals surface area contributed by atoms with Gasteiger partial charge in [-0.1, -0.05) is 49.2 Å². The molecule has 5 rings (SSSR count). The SMILES string of the molecule is C=CCn1nc(C(=O)N2CCCCCC2)c2c1CC[C@@H](NCc1nc(-c3ccccc3)cs1)C2. The minimum absolute atomic E-state index is 0.106. The smallest absolute Gasteiger partial charge is 0.274 e. The number of likely N-dealkylation sites (tertiary alicyclic amines) is 1. The molecule has 1 aliphatic carbocycles. The van der Waals surface area contributed by atoms with Crippen molar-refractivity contribution in [2.24, 2.45) is 0 Å². The van der Waals surface area contributed by atoms with Crippen LogP contribution in [0.15, 0.2) is 48.4 Å². The van der Waals surface area contributed by atoms with E-state index in [1.54, 1.807) is 11.3 Å². The number of thiazole rings is 1. The number of nitrogens with zero attached hydrogens (tertiary/aromatic N) is 4. The van der Waals surface area contributed by atoms with Crippen LogP contribution >= 0.6 is 11.3 Å². The van der Waals surface area contributed by atoms with Gasteiger partial charge >= 0.3 is 0 Å². The normalized spacial score (nSPS) is 18.4. The van der Waals surface area contributed by atoms with Gasteiger partial charge in [-0.25, -0.2) is 4.98 Å². The number of amides is 1. The molecule has 34 heavy (non-hydrogen) atoms. The zero-order chi connectivity index (χ0) is 23.3. The van der Waals surface area contributed by atoms with Crippen molar-refractivity contribution in [1.29, 1.82) is 0 Å². The summed E-state index contributed by atoms with van der Waals surface area (Å²) in [4.78, 5) is 20.3. The number of allylic oxidation sites excluding steroid dienone is 1. The lowest BCUT2D eigenvalue weighted by Gasteiger charge is -2.25. The van der Waals surface area contributed by atoms with E-state index in [0.29, 0.717) is 18.3 Å². The number of carbonyl (C=O) groups excluding carboxylic acids is 1. The van der Waals surface area contributed by atoms with Crippen LogP contribution in [-0.2, 0) is 25.9 Å². The van der Waals surface area contributed by atoms with Crippen molar-refractivity contribution in [2.45, 2.75) is 64.1 Å². The van der Waals surface area contributed by atoms with Crippen LogP contribution in [0.25, 0.3) is 11.3 Å². The highest BCUT2D eigenvalue weighted by Crippen LogP contribution is 2.28. The summed E-state index contributed by atoms with van der Waals surface area (Å²) in [5.74, 6) is 0.106. The Morgan fingerprint density at radius 3 is 2.74 bits per heavy atom. The lowest BCUT2D eigenvalue weighted by Crippen LogP contribution is -2.36. The predicted octanol–water partition coefficient (Wildman–Crippen LogP) is 4.86. The third kappa shape index (κ3) is 5.00. The Morgan fingerprint density at radius 2 is 1.97 bits per heavy atom. The molecule has 1 saturated heterocycles. The second-order valence-electron chi connectivity index (χ2n) is 9.26. The Kier molecular flexibility index (Phi) is 7.21. The van der Waals surface area contributed by atoms with E-state index in [1.165, 1.54) is 18.5 Å². The van der Waals surface area contributed by atoms with E-state index in [0.717, 1.165) is 73.6 Å². The largest absolute Gasteiger partial charge is 0.337 e. The maximum absolute atomic E-state index is 13.5. The first kappa shape index (κ1) is 23.0. The van der Waals surface area contributed by atoms with Crippen LogP contribution in [0.5, 0.6) is 0 Å². The van der Waals surface area contributed by atoms with Gasteiger partial charge in [-0.05, 0) is 32.1 Å². The number of benzene rings is 1. The number of nitrogens with one attached hydrogen (secondary N) is 1. The fourth-order valence-electron chi connectivity index (χ4n) is 5.10. The van der Waals surface area contributed by atoms with Gasteiger partial charge in [0.1, 0.15) is 5.01 Å². The van der Waals surface area contributed by atoms with Crippen molar-refractivity contribution < 1.29 is 4.79 Å². The minimum Gasteiger partial charge on any atom is -0.337 e. The molecule has 0 radical (unpaired) electrons. The first-order valence-corrected chi connectivity index (χ1v) is 13.3. The van der Waals surface area contributed by atoms with E-state index >= 15 is 0 Å². The van der Waals surface area contributed by atoms with Gasteiger partial charge in [-0.2, -0.15) is 5.10 Å². The summed E-state index contributed by atoms with van der Waals surface area (Å²) in [5.41, 5.74) is 5.18. The number of aromatic nitrogens is 3. The lowest BCUT2D eigenvalue weighted by molar-refractivity contribution is 0.0753. The third-order valence-electron chi connectivity index (χ3n) is 6.91. The highest BCUT2D eigenvalue weighted by atomic mass is 32.1. The molecule has 1 N–H and O–H groups in total. The first-order valence-electron chi connectivity index (χ1n) is 12.4. The van der Waals surface area contributed by atoms with Crippen molar-refractivity contribution in [2.75, 3.05) is 13.1 Å². The average molecular weight is 476 g/mol. The van der Waals surface area contributed by atoms with Crippen LogP contribution in [0, 0.1) is 0 Å². The zero-order valence-electron chi connectivity index (χ0n) is 19.7. The molecule has 0 saturated carbocycles. The zero-order valence-corrected chi connectivity index (χ0v) is 20.5. The molecule has 0 unspecified atom stereocenters. The molecule has 6 nitrogen and oxygen atoms in total. The molecule has 3 heterocycles. The number of hydrogen-bond acceptors (Lipinski definition) is 5. The molecular weight excluding hydrogens is 442 g/mol. The monoisotopic (exact) mass is 475 g/mol. The van der Waals surface area contributed by atoms with Crippen molar-refractivity contribution in [3.8, 4) is 11.3 Å². The van der Waals surface area contributed by atoms with E-state index in [-0.39, 0.29) is 5.91 Å². The van der Waals surface area contributed by atoms with Crippen LogP contribution in [0.3, 0.4) is 0 Å². The molecule has 1 amide bonds. The first-order chi connectivity index (χ1) is 16.7. The molecule has 0 spiro atoms. The quantitative estimate of drug-likeness (QED) is 0.496. The van der Waals surface area contributed by atoms with E-state index in [1.807, 2.05) is 33.9 Å². The van der Waals surface area contributed by atoms with Gasteiger partial charge in [-0.3, -0.25) is 9.48 Å². The molecule has 0 bridgehead atoms. The Balaban J connectivity index is 1.29. The molecule has 3 aromatic rings. The number of carbonyl (C=O) groups is 1. The highest BCUT2D eigenvalue weighted by Gasteiger charge is 2.31. The minimum atomic E-state index is 0.106. The summed E-state index contributed by atoms with van der Waals surface area (Å²) in [7, 11) is 0. The summed E-state index contributed by atoms with van der Waals surface area (Å²) in [6.07, 6.45) is 9.25. The molecule has 7 heteroatoms. The maximum Gasteiger partial charge on any atom is 0.274 e. The van der Waals surface area contributed by atoms with E-state index in [2.05, 4.69) is 29.4 Å². The van der Waals surface area contributed by atoms with Gasteiger partial charge in [0, 0.05) is 47.9 Å². The number of fused-ring (bicyclic) bond motifs is 1. The lowest BCUT2D eigenvalue weighted by atomic mass is 9.91. The van der Waals surface area contributed by atoms with Gasteiger partial charge in [0.2, 0.25) is 0 Å². The maximum atomic E-state index is 13.5. The molecule has 2 aliphatic rings. The number of rotatable bonds is 7. The van der Waals surface area contributed by atoms with Crippen molar-refractivity contribution in [3.63, 3.8) is 0 Å². The molecule has 1 atom stereocenters. The van der Waals surface area contributed by atoms with Crippen LogP contribution in [0.1, 0.15) is 58.9 Å². The third-order valence-corrected chi connectivity index (χ3v) is 7.76. The van der Waals surface area contributed by atoms with Crippen LogP contribution in [-0.4, -0.2) is 44.7 Å². The van der Waals surface area contributed by atoms with Gasteiger partial charge in [0.25, 0.3) is 5.91 Å². The summed E-state index contributed by atoms with van der Waals surface area (Å²) in [5, 5.41) is 11.7. The standard InChI is InChI=1S/C27H33N5OS/c1-2-14-32-24-13-12-21(28-18-25-29-23(19-34-25)20-10-6-5-7-11-20)17-22(24)26(30-32)27(33)31-15-8-3-4-9-16-31/h2,5-7,10-11,19,21,28H,1,3-4,8-9,12-18H2/t21-/m1/s1. The van der Waals surface area contributed by atoms with Gasteiger partial charge in [0.15, 0.2) is 5.69 Å². The topological polar surface area (TPSA) is 63.1 Å². The molecule has 1 fully saturated rings. The molecule has 2 aromatic heterocycles.